The highest BCUT2D eigenvalue weighted by Gasteiger charge is 2.32. The SMILES string of the molecule is CCCCCCCCCCCCc1c2[n+](cc3c(NCCN(C)C)c(OC)ccc13)CCc1cc3c(cc1-2)OCO3. The van der Waals surface area contributed by atoms with Crippen LogP contribution in [0.25, 0.3) is 22.0 Å². The minimum Gasteiger partial charge on any atom is -0.495 e. The molecular weight excluding hydrogens is 510 g/mol. The molecule has 0 atom stereocenters. The molecule has 3 aromatic rings. The second kappa shape index (κ2) is 14.3. The van der Waals surface area contributed by atoms with E-state index in [-0.39, 0.29) is 0 Å². The van der Waals surface area contributed by atoms with Gasteiger partial charge in [-0.05, 0) is 62.2 Å². The first-order valence-electron chi connectivity index (χ1n) is 16.0. The van der Waals surface area contributed by atoms with Crippen molar-refractivity contribution in [2.24, 2.45) is 0 Å². The fourth-order valence-electron chi connectivity index (χ4n) is 6.46. The van der Waals surface area contributed by atoms with Crippen molar-refractivity contribution in [3.05, 3.63) is 41.6 Å². The number of benzene rings is 2. The molecule has 1 N–H and O–H groups in total. The summed E-state index contributed by atoms with van der Waals surface area (Å²) in [6, 6.07) is 8.84. The van der Waals surface area contributed by atoms with E-state index in [1.807, 2.05) is 0 Å². The van der Waals surface area contributed by atoms with Crippen LogP contribution >= 0.6 is 0 Å². The molecule has 41 heavy (non-hydrogen) atoms. The van der Waals surface area contributed by atoms with Gasteiger partial charge in [-0.25, -0.2) is 0 Å². The van der Waals surface area contributed by atoms with Crippen LogP contribution in [0.1, 0.15) is 82.3 Å². The van der Waals surface area contributed by atoms with Gasteiger partial charge in [-0.2, -0.15) is 4.57 Å². The van der Waals surface area contributed by atoms with E-state index in [9.17, 15) is 0 Å². The molecule has 5 rings (SSSR count). The molecule has 3 heterocycles. The quantitative estimate of drug-likeness (QED) is 0.145. The van der Waals surface area contributed by atoms with Gasteiger partial charge in [-0.15, -0.1) is 0 Å². The average Bonchev–Trinajstić information content (AvgIpc) is 3.43. The van der Waals surface area contributed by atoms with Gasteiger partial charge in [0, 0.05) is 25.1 Å². The molecule has 222 valence electrons. The van der Waals surface area contributed by atoms with E-state index in [4.69, 9.17) is 14.2 Å². The second-order valence-corrected chi connectivity index (χ2v) is 12.0. The number of nitrogens with one attached hydrogen (secondary N) is 1. The Bertz CT molecular complexity index is 1320. The molecule has 0 fully saturated rings. The van der Waals surface area contributed by atoms with E-state index in [1.54, 1.807) is 7.11 Å². The number of anilines is 1. The Morgan fingerprint density at radius 1 is 0.902 bits per heavy atom. The van der Waals surface area contributed by atoms with Crippen molar-refractivity contribution in [3.63, 3.8) is 0 Å². The topological polar surface area (TPSA) is 46.8 Å². The maximum absolute atomic E-state index is 5.85. The number of unbranched alkanes of at least 4 members (excludes halogenated alkanes) is 9. The van der Waals surface area contributed by atoms with Crippen LogP contribution in [0, 0.1) is 0 Å². The van der Waals surface area contributed by atoms with Crippen LogP contribution in [-0.2, 0) is 19.4 Å². The van der Waals surface area contributed by atoms with Gasteiger partial charge < -0.3 is 24.4 Å². The zero-order valence-electron chi connectivity index (χ0n) is 25.8. The molecule has 0 radical (unpaired) electrons. The van der Waals surface area contributed by atoms with E-state index in [2.05, 4.69) is 66.3 Å². The van der Waals surface area contributed by atoms with Crippen LogP contribution in [0.3, 0.4) is 0 Å². The van der Waals surface area contributed by atoms with Crippen LogP contribution in [0.4, 0.5) is 5.69 Å². The monoisotopic (exact) mass is 560 g/mol. The lowest BCUT2D eigenvalue weighted by Crippen LogP contribution is -2.41. The Hall–Kier alpha value is -2.99. The number of aromatic nitrogens is 1. The number of nitrogens with zero attached hydrogens (tertiary/aromatic N) is 2. The van der Waals surface area contributed by atoms with Gasteiger partial charge in [-0.3, -0.25) is 0 Å². The van der Waals surface area contributed by atoms with E-state index in [1.165, 1.54) is 97.4 Å². The van der Waals surface area contributed by atoms with E-state index < -0.39 is 0 Å². The van der Waals surface area contributed by atoms with Crippen molar-refractivity contribution in [2.75, 3.05) is 46.4 Å². The van der Waals surface area contributed by atoms with Gasteiger partial charge in [-0.1, -0.05) is 64.7 Å². The Kier molecular flexibility index (Phi) is 10.3. The van der Waals surface area contributed by atoms with Crippen LogP contribution < -0.4 is 24.1 Å². The van der Waals surface area contributed by atoms with Gasteiger partial charge >= 0.3 is 0 Å². The molecule has 0 bridgehead atoms. The van der Waals surface area contributed by atoms with E-state index >= 15 is 0 Å². The summed E-state index contributed by atoms with van der Waals surface area (Å²) >= 11 is 0. The summed E-state index contributed by atoms with van der Waals surface area (Å²) in [7, 11) is 6.00. The van der Waals surface area contributed by atoms with Crippen molar-refractivity contribution in [3.8, 4) is 28.5 Å². The molecule has 6 nitrogen and oxygen atoms in total. The summed E-state index contributed by atoms with van der Waals surface area (Å²) in [4.78, 5) is 2.21. The standard InChI is InChI=1S/C35H49N3O3/c1-5-6-7-8-9-10-11-12-13-14-15-28-27-16-17-31(39-4)34(36-19-21-37(2)3)30(27)24-38-20-18-26-22-32-33(41-25-40-32)23-29(26)35(28)38/h16-17,22-24H,5-15,18-21,25H2,1-4H3/p+1. The van der Waals surface area contributed by atoms with Crippen LogP contribution in [0.5, 0.6) is 17.2 Å². The number of rotatable bonds is 16. The maximum atomic E-state index is 5.85. The Labute approximate surface area is 247 Å². The summed E-state index contributed by atoms with van der Waals surface area (Å²) in [6.45, 7) is 5.38. The lowest BCUT2D eigenvalue weighted by molar-refractivity contribution is -0.686. The average molecular weight is 561 g/mol. The largest absolute Gasteiger partial charge is 0.495 e. The number of hydrogen-bond acceptors (Lipinski definition) is 5. The normalized spacial score (nSPS) is 13.5. The molecule has 0 spiro atoms. The molecule has 2 aliphatic rings. The molecule has 0 unspecified atom stereocenters. The number of hydrogen-bond donors (Lipinski definition) is 1. The van der Waals surface area contributed by atoms with Crippen molar-refractivity contribution in [2.45, 2.75) is 90.5 Å². The van der Waals surface area contributed by atoms with Crippen molar-refractivity contribution in [1.29, 1.82) is 0 Å². The number of aryl methyl sites for hydroxylation is 3. The summed E-state index contributed by atoms with van der Waals surface area (Å²) < 4.78 is 19.9. The number of likely N-dealkylation sites (N-methyl/N-ethyl adjacent to an activating group) is 1. The van der Waals surface area contributed by atoms with Gasteiger partial charge in [0.1, 0.15) is 5.75 Å². The van der Waals surface area contributed by atoms with Crippen LogP contribution in [0.2, 0.25) is 0 Å². The minimum atomic E-state index is 0.309. The minimum absolute atomic E-state index is 0.309. The first-order chi connectivity index (χ1) is 20.1. The Balaban J connectivity index is 1.44. The molecule has 0 aliphatic carbocycles. The summed E-state index contributed by atoms with van der Waals surface area (Å²) in [6.07, 6.45) is 17.9. The third-order valence-corrected chi connectivity index (χ3v) is 8.73. The zero-order valence-corrected chi connectivity index (χ0v) is 25.8. The maximum Gasteiger partial charge on any atom is 0.231 e. The predicted molar refractivity (Wildman–Crippen MR) is 169 cm³/mol. The molecule has 2 aliphatic heterocycles. The third-order valence-electron chi connectivity index (χ3n) is 8.73. The molecule has 0 saturated carbocycles. The molecule has 0 amide bonds. The fraction of sp³-hybridized carbons (Fsp3) is 0.571. The molecular formula is C35H50N3O3+. The number of methoxy groups -OCH3 is 1. The van der Waals surface area contributed by atoms with Gasteiger partial charge in [0.2, 0.25) is 12.5 Å². The van der Waals surface area contributed by atoms with Gasteiger partial charge in [0.05, 0.1) is 23.7 Å². The van der Waals surface area contributed by atoms with Crippen molar-refractivity contribution >= 4 is 16.5 Å². The first kappa shape index (κ1) is 29.5. The second-order valence-electron chi connectivity index (χ2n) is 12.0. The highest BCUT2D eigenvalue weighted by molar-refractivity contribution is 6.00. The number of fused-ring (bicyclic) bond motifs is 5. The summed E-state index contributed by atoms with van der Waals surface area (Å²) in [5, 5.41) is 6.29. The lowest BCUT2D eigenvalue weighted by atomic mass is 9.89. The van der Waals surface area contributed by atoms with Gasteiger partial charge in [0.15, 0.2) is 24.2 Å². The first-order valence-corrected chi connectivity index (χ1v) is 16.0. The van der Waals surface area contributed by atoms with E-state index in [0.29, 0.717) is 6.79 Å². The Morgan fingerprint density at radius 3 is 2.32 bits per heavy atom. The number of pyridine rings is 1. The molecule has 2 aromatic carbocycles. The summed E-state index contributed by atoms with van der Waals surface area (Å²) in [5.74, 6) is 2.65. The molecule has 6 heteroatoms. The van der Waals surface area contributed by atoms with Crippen LogP contribution in [0.15, 0.2) is 30.5 Å². The zero-order chi connectivity index (χ0) is 28.6. The van der Waals surface area contributed by atoms with Crippen molar-refractivity contribution < 1.29 is 18.8 Å². The third kappa shape index (κ3) is 6.91. The van der Waals surface area contributed by atoms with Crippen LogP contribution in [-0.4, -0.2) is 46.0 Å². The smallest absolute Gasteiger partial charge is 0.231 e. The highest BCUT2D eigenvalue weighted by atomic mass is 16.7. The molecule has 1 aromatic heterocycles. The fourth-order valence-corrected chi connectivity index (χ4v) is 6.46. The van der Waals surface area contributed by atoms with E-state index in [0.717, 1.165) is 55.4 Å². The molecule has 0 saturated heterocycles. The highest BCUT2D eigenvalue weighted by Crippen LogP contribution is 2.43. The Morgan fingerprint density at radius 2 is 1.61 bits per heavy atom. The summed E-state index contributed by atoms with van der Waals surface area (Å²) in [5.41, 5.74) is 6.54. The number of ether oxygens (including phenoxy) is 3. The lowest BCUT2D eigenvalue weighted by Gasteiger charge is -2.22. The van der Waals surface area contributed by atoms with Crippen molar-refractivity contribution in [1.82, 2.24) is 4.90 Å². The predicted octanol–water partition coefficient (Wildman–Crippen LogP) is 7.52. The van der Waals surface area contributed by atoms with Gasteiger partial charge in [0.25, 0.3) is 0 Å².